The number of nitrogens with one attached hydrogen (secondary N) is 1. The highest BCUT2D eigenvalue weighted by molar-refractivity contribution is 6.08. The lowest BCUT2D eigenvalue weighted by Gasteiger charge is -2.28. The van der Waals surface area contributed by atoms with Gasteiger partial charge in [-0.25, -0.2) is 0 Å². The molecule has 1 aromatic heterocycles. The Morgan fingerprint density at radius 2 is 0.912 bits per heavy atom. The summed E-state index contributed by atoms with van der Waals surface area (Å²) in [6, 6.07) is 14.8. The zero-order chi connectivity index (χ0) is 48.9. The molecule has 2 aromatic carbocycles. The van der Waals surface area contributed by atoms with E-state index in [9.17, 15) is 9.59 Å². The lowest BCUT2D eigenvalue weighted by atomic mass is 10.0. The van der Waals surface area contributed by atoms with Crippen LogP contribution in [0.2, 0.25) is 0 Å². The van der Waals surface area contributed by atoms with E-state index >= 15 is 0 Å². The van der Waals surface area contributed by atoms with Gasteiger partial charge in [-0.05, 0) is 62.8 Å². The van der Waals surface area contributed by atoms with Crippen LogP contribution in [0.4, 0.5) is 0 Å². The standard InChI is InChI=1S/C62H108N4O2/c1-7-10-12-14-16-18-20-22-24-26-28-30-32-34-36-42-50-64(51-43-37-35-33-31-29-27-25-23-21-19-17-15-13-11-8-2)62(68)58(63-61(67)47-39-38-44-52-66(4,5)6)54-55-48-49-60-57(53-55)56-45-40-41-46-59(56)65(60)9-3/h40-41,45-46,48-49,53,58H,7-39,42-44,47,50-52,54H2,1-6H3/p+1. The number of para-hydroxylation sites is 1. The minimum Gasteiger partial charge on any atom is -0.344 e. The maximum absolute atomic E-state index is 14.9. The van der Waals surface area contributed by atoms with Crippen molar-refractivity contribution in [1.29, 1.82) is 0 Å². The Morgan fingerprint density at radius 1 is 0.500 bits per heavy atom. The fourth-order valence-electron chi connectivity index (χ4n) is 10.6. The molecule has 1 atom stereocenters. The van der Waals surface area contributed by atoms with E-state index in [4.69, 9.17) is 0 Å². The summed E-state index contributed by atoms with van der Waals surface area (Å²) in [6.45, 7) is 10.4. The number of carbonyl (C=O) groups excluding carboxylic acids is 2. The molecule has 0 saturated heterocycles. The van der Waals surface area contributed by atoms with E-state index in [-0.39, 0.29) is 11.8 Å². The Balaban J connectivity index is 1.57. The maximum atomic E-state index is 14.9. The molecule has 0 spiro atoms. The molecule has 1 heterocycles. The van der Waals surface area contributed by atoms with Crippen molar-refractivity contribution >= 4 is 33.6 Å². The second-order valence-electron chi connectivity index (χ2n) is 22.2. The molecule has 0 bridgehead atoms. The smallest absolute Gasteiger partial charge is 0.245 e. The van der Waals surface area contributed by atoms with Gasteiger partial charge in [0.2, 0.25) is 11.8 Å². The van der Waals surface area contributed by atoms with E-state index in [1.807, 2.05) is 0 Å². The Labute approximate surface area is 420 Å². The number of rotatable bonds is 45. The number of unbranched alkanes of at least 4 members (excludes halogenated alkanes) is 32. The molecule has 1 unspecified atom stereocenters. The van der Waals surface area contributed by atoms with Gasteiger partial charge in [-0.3, -0.25) is 9.59 Å². The molecule has 0 aliphatic heterocycles. The summed E-state index contributed by atoms with van der Waals surface area (Å²) in [5.74, 6) is 0.128. The zero-order valence-electron chi connectivity index (χ0n) is 45.8. The highest BCUT2D eigenvalue weighted by Gasteiger charge is 2.27. The Hall–Kier alpha value is -2.86. The number of fused-ring (bicyclic) bond motifs is 3. The number of nitrogens with zero attached hydrogens (tertiary/aromatic N) is 3. The van der Waals surface area contributed by atoms with Crippen molar-refractivity contribution in [3.05, 3.63) is 48.0 Å². The zero-order valence-corrected chi connectivity index (χ0v) is 45.8. The van der Waals surface area contributed by atoms with Gasteiger partial charge in [0.15, 0.2) is 0 Å². The van der Waals surface area contributed by atoms with Crippen LogP contribution in [0.1, 0.15) is 257 Å². The normalized spacial score (nSPS) is 12.4. The monoisotopic (exact) mass is 942 g/mol. The molecular weight excluding hydrogens is 833 g/mol. The molecule has 6 nitrogen and oxygen atoms in total. The van der Waals surface area contributed by atoms with Crippen LogP contribution in [0.15, 0.2) is 42.5 Å². The molecule has 1 N–H and O–H groups in total. The first-order chi connectivity index (χ1) is 33.2. The molecule has 0 saturated carbocycles. The Kier molecular flexibility index (Phi) is 33.1. The number of hydrogen-bond donors (Lipinski definition) is 1. The van der Waals surface area contributed by atoms with Gasteiger partial charge in [0.25, 0.3) is 0 Å². The molecule has 0 aliphatic rings. The fourth-order valence-corrected chi connectivity index (χ4v) is 10.6. The van der Waals surface area contributed by atoms with Crippen LogP contribution >= 0.6 is 0 Å². The largest absolute Gasteiger partial charge is 0.344 e. The second kappa shape index (κ2) is 37.9. The van der Waals surface area contributed by atoms with Gasteiger partial charge >= 0.3 is 0 Å². The number of aryl methyl sites for hydroxylation is 1. The predicted molar refractivity (Wildman–Crippen MR) is 298 cm³/mol. The average molecular weight is 943 g/mol. The summed E-state index contributed by atoms with van der Waals surface area (Å²) >= 11 is 0. The Morgan fingerprint density at radius 3 is 1.35 bits per heavy atom. The first-order valence-corrected chi connectivity index (χ1v) is 29.6. The van der Waals surface area contributed by atoms with Crippen LogP contribution in [0.25, 0.3) is 21.8 Å². The Bertz CT molecular complexity index is 1670. The van der Waals surface area contributed by atoms with Gasteiger partial charge in [-0.2, -0.15) is 0 Å². The number of hydrogen-bond acceptors (Lipinski definition) is 2. The van der Waals surface area contributed by atoms with E-state index in [0.717, 1.165) is 68.3 Å². The van der Waals surface area contributed by atoms with Crippen molar-refractivity contribution in [2.45, 2.75) is 271 Å². The topological polar surface area (TPSA) is 54.3 Å². The van der Waals surface area contributed by atoms with Gasteiger partial charge in [-0.15, -0.1) is 0 Å². The van der Waals surface area contributed by atoms with Crippen LogP contribution < -0.4 is 5.32 Å². The summed E-state index contributed by atoms with van der Waals surface area (Å²) < 4.78 is 3.33. The van der Waals surface area contributed by atoms with E-state index in [1.165, 1.54) is 214 Å². The van der Waals surface area contributed by atoms with Crippen molar-refractivity contribution in [2.75, 3.05) is 40.8 Å². The number of quaternary nitrogens is 1. The fraction of sp³-hybridized carbons (Fsp3) is 0.774. The first kappa shape index (κ1) is 59.4. The van der Waals surface area contributed by atoms with Gasteiger partial charge < -0.3 is 19.3 Å². The SMILES string of the molecule is CCCCCCCCCCCCCCCCCCN(CCCCCCCCCCCCCCCCCC)C(=O)C(Cc1ccc2c(c1)c1ccccc1n2CC)NC(=O)CCCCC[N+](C)(C)C. The van der Waals surface area contributed by atoms with E-state index < -0.39 is 6.04 Å². The third-order valence-corrected chi connectivity index (χ3v) is 14.8. The highest BCUT2D eigenvalue weighted by Crippen LogP contribution is 2.30. The number of benzene rings is 2. The van der Waals surface area contributed by atoms with Crippen LogP contribution in [0.3, 0.4) is 0 Å². The number of carbonyl (C=O) groups is 2. The van der Waals surface area contributed by atoms with Gasteiger partial charge in [0.05, 0.1) is 27.7 Å². The lowest BCUT2D eigenvalue weighted by molar-refractivity contribution is -0.870. The molecule has 388 valence electrons. The molecular formula is C62H109N4O2+. The summed E-state index contributed by atoms with van der Waals surface area (Å²) in [4.78, 5) is 30.7. The molecule has 3 rings (SSSR count). The van der Waals surface area contributed by atoms with E-state index in [2.05, 4.69) is 99.2 Å². The summed E-state index contributed by atoms with van der Waals surface area (Å²) in [6.07, 6.45) is 47.0. The predicted octanol–water partition coefficient (Wildman–Crippen LogP) is 17.5. The molecule has 0 aliphatic carbocycles. The lowest BCUT2D eigenvalue weighted by Crippen LogP contribution is -2.50. The summed E-state index contributed by atoms with van der Waals surface area (Å²) in [5.41, 5.74) is 3.59. The molecule has 68 heavy (non-hydrogen) atoms. The molecule has 6 heteroatoms. The maximum Gasteiger partial charge on any atom is 0.245 e. The molecule has 0 fully saturated rings. The van der Waals surface area contributed by atoms with Crippen LogP contribution in [-0.2, 0) is 22.6 Å². The third-order valence-electron chi connectivity index (χ3n) is 14.8. The van der Waals surface area contributed by atoms with E-state index in [0.29, 0.717) is 12.8 Å². The average Bonchev–Trinajstić information content (AvgIpc) is 3.64. The van der Waals surface area contributed by atoms with Crippen molar-refractivity contribution in [3.63, 3.8) is 0 Å². The number of aromatic nitrogens is 1. The number of amides is 2. The van der Waals surface area contributed by atoms with Gasteiger partial charge in [0.1, 0.15) is 6.04 Å². The van der Waals surface area contributed by atoms with Crippen LogP contribution in [-0.4, -0.2) is 72.6 Å². The summed E-state index contributed by atoms with van der Waals surface area (Å²) in [5, 5.41) is 5.81. The molecule has 2 amide bonds. The third kappa shape index (κ3) is 26.4. The first-order valence-electron chi connectivity index (χ1n) is 29.6. The highest BCUT2D eigenvalue weighted by atomic mass is 16.2. The molecule has 3 aromatic rings. The van der Waals surface area contributed by atoms with E-state index in [1.54, 1.807) is 0 Å². The van der Waals surface area contributed by atoms with Crippen molar-refractivity contribution < 1.29 is 14.1 Å². The van der Waals surface area contributed by atoms with Gasteiger partial charge in [0, 0.05) is 54.3 Å². The van der Waals surface area contributed by atoms with Crippen molar-refractivity contribution in [2.24, 2.45) is 0 Å². The minimum atomic E-state index is -0.562. The van der Waals surface area contributed by atoms with Crippen molar-refractivity contribution in [1.82, 2.24) is 14.8 Å². The molecule has 0 radical (unpaired) electrons. The quantitative estimate of drug-likeness (QED) is 0.0453. The van der Waals surface area contributed by atoms with Gasteiger partial charge in [-0.1, -0.05) is 231 Å². The summed E-state index contributed by atoms with van der Waals surface area (Å²) in [7, 11) is 6.68. The van der Waals surface area contributed by atoms with Crippen LogP contribution in [0.5, 0.6) is 0 Å². The van der Waals surface area contributed by atoms with Crippen LogP contribution in [0, 0.1) is 0 Å². The minimum absolute atomic E-state index is 0.0158. The van der Waals surface area contributed by atoms with Crippen molar-refractivity contribution in [3.8, 4) is 0 Å². The second-order valence-corrected chi connectivity index (χ2v) is 22.2.